The number of benzene rings is 1. The average Bonchev–Trinajstić information content (AvgIpc) is 2.63. The van der Waals surface area contributed by atoms with Crippen molar-refractivity contribution in [1.29, 1.82) is 0 Å². The zero-order valence-electron chi connectivity index (χ0n) is 8.15. The van der Waals surface area contributed by atoms with Gasteiger partial charge in [-0.15, -0.1) is 0 Å². The van der Waals surface area contributed by atoms with Crippen LogP contribution in [0.5, 0.6) is 17.2 Å². The van der Waals surface area contributed by atoms with Gasteiger partial charge in [0.15, 0.2) is 11.5 Å². The van der Waals surface area contributed by atoms with Gasteiger partial charge in [-0.25, -0.2) is 4.79 Å². The monoisotopic (exact) mass is 210 g/mol. The fraction of sp³-hybridized carbons (Fsp3) is 0.300. The summed E-state index contributed by atoms with van der Waals surface area (Å²) in [6.07, 6.45) is 0. The number of hydrogen-bond acceptors (Lipinski definition) is 5. The maximum atomic E-state index is 11.4. The van der Waals surface area contributed by atoms with Gasteiger partial charge in [-0.05, 0) is 6.92 Å². The molecule has 5 heteroatoms. The molecule has 0 bridgehead atoms. The number of rotatable bonds is 2. The van der Waals surface area contributed by atoms with Crippen LogP contribution >= 0.6 is 0 Å². The van der Waals surface area contributed by atoms with E-state index in [0.29, 0.717) is 11.5 Å². The van der Waals surface area contributed by atoms with E-state index in [0.717, 1.165) is 0 Å². The highest BCUT2D eigenvalue weighted by molar-refractivity contribution is 5.93. The standard InChI is InChI=1S/C10H10O5/c1-2-13-10(12)6-3-8-9(4-7(6)11)15-5-14-8/h3-4,11H,2,5H2,1H3. The molecule has 5 nitrogen and oxygen atoms in total. The third kappa shape index (κ3) is 1.68. The van der Waals surface area contributed by atoms with Crippen LogP contribution in [0.4, 0.5) is 0 Å². The van der Waals surface area contributed by atoms with Crippen LogP contribution in [0.3, 0.4) is 0 Å². The number of phenolic OH excluding ortho intramolecular Hbond substituents is 1. The Bertz CT molecular complexity index is 399. The molecule has 1 N–H and O–H groups in total. The Morgan fingerprint density at radius 2 is 2.13 bits per heavy atom. The smallest absolute Gasteiger partial charge is 0.342 e. The van der Waals surface area contributed by atoms with Crippen molar-refractivity contribution in [3.63, 3.8) is 0 Å². The normalized spacial score (nSPS) is 12.6. The Balaban J connectivity index is 2.36. The molecule has 0 atom stereocenters. The van der Waals surface area contributed by atoms with Gasteiger partial charge < -0.3 is 19.3 Å². The highest BCUT2D eigenvalue weighted by Crippen LogP contribution is 2.37. The first kappa shape index (κ1) is 9.64. The molecule has 0 amide bonds. The number of ether oxygens (including phenoxy) is 3. The van der Waals surface area contributed by atoms with Crippen molar-refractivity contribution in [2.45, 2.75) is 6.92 Å². The summed E-state index contributed by atoms with van der Waals surface area (Å²) < 4.78 is 14.9. The lowest BCUT2D eigenvalue weighted by Crippen LogP contribution is -2.04. The number of carbonyl (C=O) groups is 1. The first-order chi connectivity index (χ1) is 7.22. The number of fused-ring (bicyclic) bond motifs is 1. The molecule has 0 saturated carbocycles. The predicted octanol–water partition coefficient (Wildman–Crippen LogP) is 1.30. The summed E-state index contributed by atoms with van der Waals surface area (Å²) >= 11 is 0. The molecule has 0 unspecified atom stereocenters. The summed E-state index contributed by atoms with van der Waals surface area (Å²) in [6, 6.07) is 2.75. The fourth-order valence-electron chi connectivity index (χ4n) is 1.30. The van der Waals surface area contributed by atoms with Gasteiger partial charge in [0.05, 0.1) is 6.61 Å². The zero-order valence-corrected chi connectivity index (χ0v) is 8.15. The van der Waals surface area contributed by atoms with E-state index in [1.54, 1.807) is 6.92 Å². The average molecular weight is 210 g/mol. The van der Waals surface area contributed by atoms with E-state index in [-0.39, 0.29) is 24.7 Å². The molecule has 1 heterocycles. The van der Waals surface area contributed by atoms with Crippen molar-refractivity contribution < 1.29 is 24.1 Å². The van der Waals surface area contributed by atoms with E-state index < -0.39 is 5.97 Å². The number of phenols is 1. The Hall–Kier alpha value is -1.91. The highest BCUT2D eigenvalue weighted by Gasteiger charge is 2.21. The topological polar surface area (TPSA) is 65.0 Å². The molecule has 0 fully saturated rings. The van der Waals surface area contributed by atoms with Gasteiger partial charge in [0.1, 0.15) is 11.3 Å². The van der Waals surface area contributed by atoms with Crippen LogP contribution in [0.1, 0.15) is 17.3 Å². The molecule has 1 aliphatic rings. The molecule has 1 aliphatic heterocycles. The Morgan fingerprint density at radius 3 is 2.80 bits per heavy atom. The first-order valence-corrected chi connectivity index (χ1v) is 4.52. The lowest BCUT2D eigenvalue weighted by molar-refractivity contribution is 0.0522. The molecular formula is C10H10O5. The molecular weight excluding hydrogens is 200 g/mol. The number of esters is 1. The van der Waals surface area contributed by atoms with Crippen molar-refractivity contribution in [3.05, 3.63) is 17.7 Å². The highest BCUT2D eigenvalue weighted by atomic mass is 16.7. The summed E-state index contributed by atoms with van der Waals surface area (Å²) in [5, 5.41) is 9.54. The minimum Gasteiger partial charge on any atom is -0.507 e. The summed E-state index contributed by atoms with van der Waals surface area (Å²) in [5.41, 5.74) is 0.0844. The molecule has 15 heavy (non-hydrogen) atoms. The molecule has 0 saturated heterocycles. The quantitative estimate of drug-likeness (QED) is 0.745. The van der Waals surface area contributed by atoms with Gasteiger partial charge in [-0.2, -0.15) is 0 Å². The second-order valence-corrected chi connectivity index (χ2v) is 2.94. The molecule has 0 spiro atoms. The lowest BCUT2D eigenvalue weighted by Gasteiger charge is -2.05. The molecule has 80 valence electrons. The van der Waals surface area contributed by atoms with Crippen LogP contribution < -0.4 is 9.47 Å². The number of carbonyl (C=O) groups excluding carboxylic acids is 1. The third-order valence-corrected chi connectivity index (χ3v) is 1.99. The summed E-state index contributed by atoms with van der Waals surface area (Å²) in [6.45, 7) is 2.05. The maximum Gasteiger partial charge on any atom is 0.342 e. The van der Waals surface area contributed by atoms with Crippen molar-refractivity contribution in [2.24, 2.45) is 0 Å². The van der Waals surface area contributed by atoms with Crippen LogP contribution in [-0.4, -0.2) is 24.5 Å². The van der Waals surface area contributed by atoms with Crippen LogP contribution in [0, 0.1) is 0 Å². The van der Waals surface area contributed by atoms with Gasteiger partial charge >= 0.3 is 5.97 Å². The predicted molar refractivity (Wildman–Crippen MR) is 50.2 cm³/mol. The summed E-state index contributed by atoms with van der Waals surface area (Å²) in [7, 11) is 0. The van der Waals surface area contributed by atoms with E-state index in [1.165, 1.54) is 12.1 Å². The SMILES string of the molecule is CCOC(=O)c1cc2c(cc1O)OCO2. The van der Waals surface area contributed by atoms with E-state index in [9.17, 15) is 9.90 Å². The van der Waals surface area contributed by atoms with E-state index in [4.69, 9.17) is 14.2 Å². The molecule has 0 aliphatic carbocycles. The van der Waals surface area contributed by atoms with Crippen LogP contribution in [0.25, 0.3) is 0 Å². The second kappa shape index (κ2) is 3.68. The minimum absolute atomic E-state index is 0.0844. The van der Waals surface area contributed by atoms with Crippen molar-refractivity contribution in [2.75, 3.05) is 13.4 Å². The Morgan fingerprint density at radius 1 is 1.47 bits per heavy atom. The summed E-state index contributed by atoms with van der Waals surface area (Å²) in [4.78, 5) is 11.4. The van der Waals surface area contributed by atoms with Gasteiger partial charge in [0.25, 0.3) is 0 Å². The maximum absolute atomic E-state index is 11.4. The fourth-order valence-corrected chi connectivity index (χ4v) is 1.30. The van der Waals surface area contributed by atoms with Gasteiger partial charge in [-0.3, -0.25) is 0 Å². The molecule has 2 rings (SSSR count). The molecule has 1 aromatic carbocycles. The van der Waals surface area contributed by atoms with E-state index in [2.05, 4.69) is 0 Å². The van der Waals surface area contributed by atoms with E-state index in [1.807, 2.05) is 0 Å². The zero-order chi connectivity index (χ0) is 10.8. The minimum atomic E-state index is -0.576. The van der Waals surface area contributed by atoms with Crippen LogP contribution in [-0.2, 0) is 4.74 Å². The van der Waals surface area contributed by atoms with Crippen LogP contribution in [0.2, 0.25) is 0 Å². The Labute approximate surface area is 86.2 Å². The van der Waals surface area contributed by atoms with Crippen molar-refractivity contribution in [1.82, 2.24) is 0 Å². The number of hydrogen-bond donors (Lipinski definition) is 1. The largest absolute Gasteiger partial charge is 0.507 e. The van der Waals surface area contributed by atoms with Crippen LogP contribution in [0.15, 0.2) is 12.1 Å². The molecule has 0 aromatic heterocycles. The van der Waals surface area contributed by atoms with Crippen molar-refractivity contribution in [3.8, 4) is 17.2 Å². The molecule has 0 radical (unpaired) electrons. The van der Waals surface area contributed by atoms with Crippen molar-refractivity contribution >= 4 is 5.97 Å². The third-order valence-electron chi connectivity index (χ3n) is 1.99. The van der Waals surface area contributed by atoms with Gasteiger partial charge in [0, 0.05) is 12.1 Å². The molecule has 1 aromatic rings. The lowest BCUT2D eigenvalue weighted by atomic mass is 10.2. The first-order valence-electron chi connectivity index (χ1n) is 4.52. The Kier molecular flexibility index (Phi) is 2.37. The van der Waals surface area contributed by atoms with E-state index >= 15 is 0 Å². The number of aromatic hydroxyl groups is 1. The second-order valence-electron chi connectivity index (χ2n) is 2.94. The van der Waals surface area contributed by atoms with Gasteiger partial charge in [-0.1, -0.05) is 0 Å². The summed E-state index contributed by atoms with van der Waals surface area (Å²) in [5.74, 6) is 0.127. The van der Waals surface area contributed by atoms with Gasteiger partial charge in [0.2, 0.25) is 6.79 Å².